The van der Waals surface area contributed by atoms with Gasteiger partial charge in [0.25, 0.3) is 0 Å². The molecule has 0 radical (unpaired) electrons. The first-order valence-corrected chi connectivity index (χ1v) is 18.8. The Hall–Kier alpha value is -2.63. The molecule has 0 saturated heterocycles. The summed E-state index contributed by atoms with van der Waals surface area (Å²) in [4.78, 5) is 21.7. The Morgan fingerprint density at radius 1 is 0.696 bits per heavy atom. The first-order valence-electron chi connectivity index (χ1n) is 18.8. The van der Waals surface area contributed by atoms with Gasteiger partial charge in [0.2, 0.25) is 0 Å². The lowest BCUT2D eigenvalue weighted by Gasteiger charge is -2.23. The quantitative estimate of drug-likeness (QED) is 0.0497. The molecule has 0 aliphatic heterocycles. The summed E-state index contributed by atoms with van der Waals surface area (Å²) in [7, 11) is 0. The minimum atomic E-state index is -0.720. The highest BCUT2D eigenvalue weighted by atomic mass is 16.4. The van der Waals surface area contributed by atoms with Gasteiger partial charge in [0.05, 0.1) is 0 Å². The van der Waals surface area contributed by atoms with Gasteiger partial charge in [0.1, 0.15) is 0 Å². The Morgan fingerprint density at radius 2 is 1.28 bits per heavy atom. The van der Waals surface area contributed by atoms with Crippen LogP contribution in [0.3, 0.4) is 0 Å². The number of hydrogen-bond acceptors (Lipinski definition) is 4. The minimum absolute atomic E-state index is 0.231. The normalized spacial score (nSPS) is 24.5. The second-order valence-electron chi connectivity index (χ2n) is 13.6. The van der Waals surface area contributed by atoms with Crippen molar-refractivity contribution in [2.75, 3.05) is 0 Å². The molecule has 1 unspecified atom stereocenters. The second-order valence-corrected chi connectivity index (χ2v) is 13.6. The van der Waals surface area contributed by atoms with Gasteiger partial charge < -0.3 is 15.6 Å². The number of carboxylic acid groups (broad SMARTS) is 2. The SMILES string of the molecule is CCCCCCC=C[C@H]1CCC(NN=C2CC[C@H](CC=CCCCC(=O)O)[C@H]2C=CCCCCCC)[C@@H]1CC=CCCCC(=O)O. The molecular formula is C40H66N2O4. The lowest BCUT2D eigenvalue weighted by molar-refractivity contribution is -0.138. The van der Waals surface area contributed by atoms with E-state index in [9.17, 15) is 9.59 Å². The van der Waals surface area contributed by atoms with Crippen LogP contribution in [0.4, 0.5) is 0 Å². The van der Waals surface area contributed by atoms with Gasteiger partial charge in [-0.05, 0) is 108 Å². The van der Waals surface area contributed by atoms with Crippen LogP contribution in [0.15, 0.2) is 53.7 Å². The molecule has 0 heterocycles. The van der Waals surface area contributed by atoms with Crippen LogP contribution in [-0.4, -0.2) is 33.9 Å². The molecule has 0 bridgehead atoms. The summed E-state index contributed by atoms with van der Waals surface area (Å²) in [5.74, 6) is 0.499. The maximum absolute atomic E-state index is 10.9. The third-order valence-electron chi connectivity index (χ3n) is 9.79. The first-order chi connectivity index (χ1) is 22.5. The van der Waals surface area contributed by atoms with Crippen LogP contribution >= 0.6 is 0 Å². The molecular weight excluding hydrogens is 572 g/mol. The van der Waals surface area contributed by atoms with Crippen molar-refractivity contribution in [3.63, 3.8) is 0 Å². The van der Waals surface area contributed by atoms with Crippen molar-refractivity contribution in [2.45, 2.75) is 161 Å². The van der Waals surface area contributed by atoms with Gasteiger partial charge in [-0.3, -0.25) is 9.59 Å². The van der Waals surface area contributed by atoms with Gasteiger partial charge in [-0.25, -0.2) is 0 Å². The van der Waals surface area contributed by atoms with Crippen molar-refractivity contribution < 1.29 is 19.8 Å². The van der Waals surface area contributed by atoms with E-state index in [4.69, 9.17) is 15.3 Å². The number of rotatable bonds is 26. The molecule has 0 aromatic carbocycles. The van der Waals surface area contributed by atoms with E-state index >= 15 is 0 Å². The van der Waals surface area contributed by atoms with Gasteiger partial charge in [0.15, 0.2) is 0 Å². The monoisotopic (exact) mass is 639 g/mol. The molecule has 0 spiro atoms. The Labute approximate surface area is 281 Å². The zero-order valence-corrected chi connectivity index (χ0v) is 29.2. The van der Waals surface area contributed by atoms with E-state index < -0.39 is 11.9 Å². The topological polar surface area (TPSA) is 99.0 Å². The third-order valence-corrected chi connectivity index (χ3v) is 9.79. The number of aliphatic carboxylic acids is 2. The number of hydrogen-bond donors (Lipinski definition) is 3. The molecule has 6 heteroatoms. The van der Waals surface area contributed by atoms with E-state index in [1.165, 1.54) is 63.5 Å². The lowest BCUT2D eigenvalue weighted by atomic mass is 9.89. The molecule has 0 aromatic rings. The Bertz CT molecular complexity index is 982. The van der Waals surface area contributed by atoms with Gasteiger partial charge >= 0.3 is 11.9 Å². The molecule has 3 N–H and O–H groups in total. The highest BCUT2D eigenvalue weighted by molar-refractivity contribution is 5.90. The average Bonchev–Trinajstić information content (AvgIpc) is 3.61. The van der Waals surface area contributed by atoms with Crippen LogP contribution in [0.25, 0.3) is 0 Å². The van der Waals surface area contributed by atoms with Crippen LogP contribution < -0.4 is 5.43 Å². The van der Waals surface area contributed by atoms with Crippen molar-refractivity contribution in [3.8, 4) is 0 Å². The zero-order valence-electron chi connectivity index (χ0n) is 29.2. The summed E-state index contributed by atoms with van der Waals surface area (Å²) < 4.78 is 0. The molecule has 46 heavy (non-hydrogen) atoms. The van der Waals surface area contributed by atoms with Crippen LogP contribution in [0.5, 0.6) is 0 Å². The van der Waals surface area contributed by atoms with Crippen LogP contribution in [-0.2, 0) is 9.59 Å². The zero-order chi connectivity index (χ0) is 33.2. The fraction of sp³-hybridized carbons (Fsp3) is 0.725. The Morgan fingerprint density at radius 3 is 1.89 bits per heavy atom. The van der Waals surface area contributed by atoms with Crippen LogP contribution in [0.1, 0.15) is 155 Å². The highest BCUT2D eigenvalue weighted by Crippen LogP contribution is 2.37. The summed E-state index contributed by atoms with van der Waals surface area (Å²) in [6.45, 7) is 4.51. The molecule has 260 valence electrons. The van der Waals surface area contributed by atoms with E-state index in [1.807, 2.05) is 0 Å². The van der Waals surface area contributed by atoms with Gasteiger partial charge in [-0.1, -0.05) is 101 Å². The predicted molar refractivity (Wildman–Crippen MR) is 193 cm³/mol. The number of carbonyl (C=O) groups is 2. The van der Waals surface area contributed by atoms with Crippen molar-refractivity contribution in [1.82, 2.24) is 5.43 Å². The molecule has 6 nitrogen and oxygen atoms in total. The average molecular weight is 639 g/mol. The smallest absolute Gasteiger partial charge is 0.303 e. The molecule has 2 aliphatic carbocycles. The maximum Gasteiger partial charge on any atom is 0.303 e. The molecule has 0 amide bonds. The van der Waals surface area contributed by atoms with E-state index in [1.54, 1.807) is 0 Å². The van der Waals surface area contributed by atoms with Crippen molar-refractivity contribution in [1.29, 1.82) is 0 Å². The molecule has 2 aliphatic rings. The van der Waals surface area contributed by atoms with E-state index in [0.29, 0.717) is 42.6 Å². The number of nitrogens with zero attached hydrogens (tertiary/aromatic N) is 1. The summed E-state index contributed by atoms with van der Waals surface area (Å²) in [6, 6.07) is 0.345. The van der Waals surface area contributed by atoms with Crippen LogP contribution in [0.2, 0.25) is 0 Å². The summed E-state index contributed by atoms with van der Waals surface area (Å²) in [5, 5.41) is 23.0. The van der Waals surface area contributed by atoms with E-state index in [2.05, 4.69) is 67.9 Å². The lowest BCUT2D eigenvalue weighted by Crippen LogP contribution is -2.31. The molecule has 2 rings (SSSR count). The van der Waals surface area contributed by atoms with Gasteiger partial charge in [0, 0.05) is 30.5 Å². The summed E-state index contributed by atoms with van der Waals surface area (Å²) in [5.41, 5.74) is 4.97. The van der Waals surface area contributed by atoms with E-state index in [0.717, 1.165) is 57.8 Å². The first kappa shape index (κ1) is 39.5. The fourth-order valence-corrected chi connectivity index (χ4v) is 7.01. The Kier molecular flexibility index (Phi) is 21.9. The number of nitrogens with one attached hydrogen (secondary N) is 1. The van der Waals surface area contributed by atoms with Crippen LogP contribution in [0, 0.1) is 23.7 Å². The maximum atomic E-state index is 10.9. The largest absolute Gasteiger partial charge is 0.481 e. The molecule has 2 fully saturated rings. The van der Waals surface area contributed by atoms with Gasteiger partial charge in [-0.2, -0.15) is 5.10 Å². The number of carboxylic acids is 2. The second kappa shape index (κ2) is 25.5. The van der Waals surface area contributed by atoms with E-state index in [-0.39, 0.29) is 12.8 Å². The Balaban J connectivity index is 2.07. The van der Waals surface area contributed by atoms with Crippen molar-refractivity contribution in [2.24, 2.45) is 28.8 Å². The summed E-state index contributed by atoms with van der Waals surface area (Å²) >= 11 is 0. The van der Waals surface area contributed by atoms with Crippen molar-refractivity contribution in [3.05, 3.63) is 48.6 Å². The standard InChI is InChI=1S/C40H66N2O4/c1-3-5-7-9-11-17-23-33-29-31-38(36(33)26-20-14-16-22-28-40(45)46)42-41-37-32-30-34(24-18-13-15-21-27-39(43)44)35(37)25-19-12-10-8-6-4-2/h13-14,17-20,23,25,33-36,38,42H,3-12,15-16,21-22,24,26-32H2,1-2H3,(H,43,44)(H,45,46)/t33-,34-,35+,36+,38?/m0/s1. The summed E-state index contributed by atoms with van der Waals surface area (Å²) in [6.07, 6.45) is 41.1. The third kappa shape index (κ3) is 17.3. The fourth-order valence-electron chi connectivity index (χ4n) is 7.01. The van der Waals surface area contributed by atoms with Gasteiger partial charge in [-0.15, -0.1) is 0 Å². The number of allylic oxidation sites excluding steroid dienone is 8. The van der Waals surface area contributed by atoms with Crippen molar-refractivity contribution >= 4 is 17.7 Å². The highest BCUT2D eigenvalue weighted by Gasteiger charge is 2.35. The molecule has 0 aromatic heterocycles. The minimum Gasteiger partial charge on any atom is -0.481 e. The molecule has 2 saturated carbocycles. The number of hydrazone groups is 1. The number of unbranched alkanes of at least 4 members (excludes halogenated alkanes) is 10. The molecule has 5 atom stereocenters. The predicted octanol–water partition coefficient (Wildman–Crippen LogP) is 10.8.